The average Bonchev–Trinajstić information content (AvgIpc) is 2.59. The summed E-state index contributed by atoms with van der Waals surface area (Å²) in [6.45, 7) is 4.16. The van der Waals surface area contributed by atoms with Crippen molar-refractivity contribution in [3.63, 3.8) is 0 Å². The van der Waals surface area contributed by atoms with Gasteiger partial charge in [0.15, 0.2) is 0 Å². The standard InChI is InChI=1S/C19H22N2O2/c1-4-13(2)23-15-11-9-14(10-12-15)18-20-17-8-6-5-7-16(17)19(22)21(18)3/h5-13,18,20H,4H2,1-3H3. The maximum Gasteiger partial charge on any atom is 0.257 e. The first-order valence-electron chi connectivity index (χ1n) is 7.99. The molecule has 0 aromatic heterocycles. The number of para-hydroxylation sites is 1. The van der Waals surface area contributed by atoms with Crippen LogP contribution in [0.3, 0.4) is 0 Å². The van der Waals surface area contributed by atoms with Crippen LogP contribution < -0.4 is 10.1 Å². The van der Waals surface area contributed by atoms with Crippen LogP contribution in [0, 0.1) is 0 Å². The Hall–Kier alpha value is -2.49. The number of amides is 1. The van der Waals surface area contributed by atoms with Crippen LogP contribution in [0.2, 0.25) is 0 Å². The molecule has 0 saturated heterocycles. The van der Waals surface area contributed by atoms with Gasteiger partial charge in [-0.1, -0.05) is 31.2 Å². The van der Waals surface area contributed by atoms with Crippen molar-refractivity contribution in [2.45, 2.75) is 32.5 Å². The molecule has 120 valence electrons. The highest BCUT2D eigenvalue weighted by Gasteiger charge is 2.29. The maximum atomic E-state index is 12.5. The number of benzene rings is 2. The van der Waals surface area contributed by atoms with Gasteiger partial charge in [0.25, 0.3) is 5.91 Å². The first-order chi connectivity index (χ1) is 11.1. The molecule has 2 unspecified atom stereocenters. The van der Waals surface area contributed by atoms with Crippen molar-refractivity contribution < 1.29 is 9.53 Å². The van der Waals surface area contributed by atoms with Gasteiger partial charge in [-0.2, -0.15) is 0 Å². The Morgan fingerprint density at radius 2 is 1.87 bits per heavy atom. The van der Waals surface area contributed by atoms with E-state index in [0.717, 1.165) is 23.4 Å². The first-order valence-corrected chi connectivity index (χ1v) is 7.99. The van der Waals surface area contributed by atoms with Crippen molar-refractivity contribution in [1.29, 1.82) is 0 Å². The molecule has 0 aliphatic carbocycles. The number of carbonyl (C=O) groups is 1. The molecule has 1 aliphatic rings. The monoisotopic (exact) mass is 310 g/mol. The lowest BCUT2D eigenvalue weighted by Crippen LogP contribution is -2.40. The van der Waals surface area contributed by atoms with Crippen molar-refractivity contribution >= 4 is 11.6 Å². The summed E-state index contributed by atoms with van der Waals surface area (Å²) in [5.41, 5.74) is 2.62. The van der Waals surface area contributed by atoms with Gasteiger partial charge < -0.3 is 15.0 Å². The SMILES string of the molecule is CCC(C)Oc1ccc(C2Nc3ccccc3C(=O)N2C)cc1. The number of anilines is 1. The predicted octanol–water partition coefficient (Wildman–Crippen LogP) is 4.06. The van der Waals surface area contributed by atoms with Crippen molar-refractivity contribution in [3.05, 3.63) is 59.7 Å². The van der Waals surface area contributed by atoms with Crippen molar-refractivity contribution in [2.24, 2.45) is 0 Å². The molecule has 1 amide bonds. The third-order valence-corrected chi connectivity index (χ3v) is 4.27. The van der Waals surface area contributed by atoms with Crippen LogP contribution >= 0.6 is 0 Å². The fraction of sp³-hybridized carbons (Fsp3) is 0.316. The number of nitrogens with zero attached hydrogens (tertiary/aromatic N) is 1. The largest absolute Gasteiger partial charge is 0.491 e. The molecule has 0 saturated carbocycles. The van der Waals surface area contributed by atoms with Crippen LogP contribution in [0.15, 0.2) is 48.5 Å². The third-order valence-electron chi connectivity index (χ3n) is 4.27. The molecule has 1 N–H and O–H groups in total. The van der Waals surface area contributed by atoms with E-state index in [1.807, 2.05) is 55.6 Å². The second kappa shape index (κ2) is 6.32. The molecular weight excluding hydrogens is 288 g/mol. The number of nitrogens with one attached hydrogen (secondary N) is 1. The molecule has 0 spiro atoms. The van der Waals surface area contributed by atoms with Crippen LogP contribution in [0.4, 0.5) is 5.69 Å². The molecule has 4 nitrogen and oxygen atoms in total. The number of carbonyl (C=O) groups excluding carboxylic acids is 1. The molecule has 23 heavy (non-hydrogen) atoms. The summed E-state index contributed by atoms with van der Waals surface area (Å²) in [4.78, 5) is 14.2. The van der Waals surface area contributed by atoms with E-state index in [9.17, 15) is 4.79 Å². The van der Waals surface area contributed by atoms with E-state index in [-0.39, 0.29) is 18.2 Å². The average molecular weight is 310 g/mol. The van der Waals surface area contributed by atoms with Gasteiger partial charge in [-0.15, -0.1) is 0 Å². The summed E-state index contributed by atoms with van der Waals surface area (Å²) >= 11 is 0. The molecule has 0 fully saturated rings. The lowest BCUT2D eigenvalue weighted by atomic mass is 10.0. The fourth-order valence-electron chi connectivity index (χ4n) is 2.70. The molecule has 4 heteroatoms. The molecule has 1 heterocycles. The van der Waals surface area contributed by atoms with E-state index in [2.05, 4.69) is 19.2 Å². The Balaban J connectivity index is 1.83. The zero-order chi connectivity index (χ0) is 16.4. The van der Waals surface area contributed by atoms with Gasteiger partial charge in [0.1, 0.15) is 11.9 Å². The fourth-order valence-corrected chi connectivity index (χ4v) is 2.70. The summed E-state index contributed by atoms with van der Waals surface area (Å²) in [6, 6.07) is 15.5. The summed E-state index contributed by atoms with van der Waals surface area (Å²) in [6.07, 6.45) is 1.000. The predicted molar refractivity (Wildman–Crippen MR) is 91.7 cm³/mol. The number of hydrogen-bond donors (Lipinski definition) is 1. The lowest BCUT2D eigenvalue weighted by Gasteiger charge is -2.35. The van der Waals surface area contributed by atoms with Gasteiger partial charge in [-0.3, -0.25) is 4.79 Å². The molecule has 2 aromatic rings. The highest BCUT2D eigenvalue weighted by molar-refractivity contribution is 6.01. The number of fused-ring (bicyclic) bond motifs is 1. The molecule has 2 aromatic carbocycles. The van der Waals surface area contributed by atoms with E-state index in [1.54, 1.807) is 4.90 Å². The topological polar surface area (TPSA) is 41.6 Å². The Labute approximate surface area is 137 Å². The Morgan fingerprint density at radius 1 is 1.17 bits per heavy atom. The third kappa shape index (κ3) is 3.02. The van der Waals surface area contributed by atoms with Crippen molar-refractivity contribution in [3.8, 4) is 5.75 Å². The normalized spacial score (nSPS) is 18.1. The molecule has 0 bridgehead atoms. The molecular formula is C19H22N2O2. The van der Waals surface area contributed by atoms with E-state index in [1.165, 1.54) is 0 Å². The number of ether oxygens (including phenoxy) is 1. The number of hydrogen-bond acceptors (Lipinski definition) is 3. The van der Waals surface area contributed by atoms with E-state index in [4.69, 9.17) is 4.74 Å². The molecule has 2 atom stereocenters. The maximum absolute atomic E-state index is 12.5. The summed E-state index contributed by atoms with van der Waals surface area (Å²) < 4.78 is 5.81. The van der Waals surface area contributed by atoms with Crippen molar-refractivity contribution in [1.82, 2.24) is 4.90 Å². The highest BCUT2D eigenvalue weighted by Crippen LogP contribution is 2.32. The van der Waals surface area contributed by atoms with Crippen LogP contribution in [-0.2, 0) is 0 Å². The van der Waals surface area contributed by atoms with E-state index < -0.39 is 0 Å². The molecule has 0 radical (unpaired) electrons. The summed E-state index contributed by atoms with van der Waals surface area (Å²) in [5.74, 6) is 0.887. The Kier molecular flexibility index (Phi) is 4.24. The van der Waals surface area contributed by atoms with Crippen LogP contribution in [0.1, 0.15) is 42.4 Å². The minimum atomic E-state index is -0.171. The van der Waals surface area contributed by atoms with Gasteiger partial charge >= 0.3 is 0 Å². The van der Waals surface area contributed by atoms with Crippen LogP contribution in [0.25, 0.3) is 0 Å². The Morgan fingerprint density at radius 3 is 2.57 bits per heavy atom. The second-order valence-corrected chi connectivity index (χ2v) is 5.91. The second-order valence-electron chi connectivity index (χ2n) is 5.91. The highest BCUT2D eigenvalue weighted by atomic mass is 16.5. The zero-order valence-electron chi connectivity index (χ0n) is 13.7. The van der Waals surface area contributed by atoms with Crippen molar-refractivity contribution in [2.75, 3.05) is 12.4 Å². The van der Waals surface area contributed by atoms with E-state index >= 15 is 0 Å². The minimum absolute atomic E-state index is 0.0317. The lowest BCUT2D eigenvalue weighted by molar-refractivity contribution is 0.0735. The Bertz CT molecular complexity index is 697. The van der Waals surface area contributed by atoms with E-state index in [0.29, 0.717) is 5.56 Å². The van der Waals surface area contributed by atoms with Gasteiger partial charge in [0.05, 0.1) is 11.7 Å². The van der Waals surface area contributed by atoms with Gasteiger partial charge in [-0.05, 0) is 43.2 Å². The first kappa shape index (κ1) is 15.4. The number of rotatable bonds is 4. The summed E-state index contributed by atoms with van der Waals surface area (Å²) in [5, 5.41) is 3.43. The van der Waals surface area contributed by atoms with Gasteiger partial charge in [0, 0.05) is 12.7 Å². The van der Waals surface area contributed by atoms with Crippen LogP contribution in [-0.4, -0.2) is 24.0 Å². The minimum Gasteiger partial charge on any atom is -0.491 e. The smallest absolute Gasteiger partial charge is 0.257 e. The summed E-state index contributed by atoms with van der Waals surface area (Å²) in [7, 11) is 1.82. The molecule has 3 rings (SSSR count). The van der Waals surface area contributed by atoms with Crippen LogP contribution in [0.5, 0.6) is 5.75 Å². The van der Waals surface area contributed by atoms with Gasteiger partial charge in [-0.25, -0.2) is 0 Å². The molecule has 1 aliphatic heterocycles. The van der Waals surface area contributed by atoms with Gasteiger partial charge in [0.2, 0.25) is 0 Å². The zero-order valence-corrected chi connectivity index (χ0v) is 13.7. The quantitative estimate of drug-likeness (QED) is 0.926.